The second-order valence-electron chi connectivity index (χ2n) is 6.08. The van der Waals surface area contributed by atoms with Gasteiger partial charge in [-0.1, -0.05) is 26.8 Å². The fraction of sp³-hybridized carbons (Fsp3) is 0.714. The molecular formula is C14H26N2O3. The normalized spacial score (nSPS) is 14.3. The molecule has 3 N–H and O–H groups in total. The van der Waals surface area contributed by atoms with Crippen LogP contribution in [0.1, 0.15) is 40.5 Å². The van der Waals surface area contributed by atoms with Crippen LogP contribution in [0, 0.1) is 11.3 Å². The highest BCUT2D eigenvalue weighted by Gasteiger charge is 2.25. The molecule has 0 spiro atoms. The third-order valence-electron chi connectivity index (χ3n) is 2.61. The van der Waals surface area contributed by atoms with E-state index in [1.54, 1.807) is 6.08 Å². The van der Waals surface area contributed by atoms with Crippen LogP contribution in [-0.2, 0) is 4.79 Å². The summed E-state index contributed by atoms with van der Waals surface area (Å²) in [6, 6.07) is -0.349. The summed E-state index contributed by atoms with van der Waals surface area (Å²) in [5.41, 5.74) is -0.0860. The summed E-state index contributed by atoms with van der Waals surface area (Å²) >= 11 is 0. The first-order valence-electron chi connectivity index (χ1n) is 6.53. The molecule has 2 atom stereocenters. The van der Waals surface area contributed by atoms with E-state index in [4.69, 9.17) is 5.11 Å². The summed E-state index contributed by atoms with van der Waals surface area (Å²) in [7, 11) is 0. The monoisotopic (exact) mass is 270 g/mol. The summed E-state index contributed by atoms with van der Waals surface area (Å²) in [4.78, 5) is 22.7. The van der Waals surface area contributed by atoms with Crippen molar-refractivity contribution in [1.82, 2.24) is 10.6 Å². The first-order chi connectivity index (χ1) is 8.65. The largest absolute Gasteiger partial charge is 0.481 e. The SMILES string of the molecule is C=CCC(C)NC(=O)NCC(CC(C)(C)C)C(=O)O. The Bertz CT molecular complexity index is 321. The van der Waals surface area contributed by atoms with E-state index in [0.29, 0.717) is 12.8 Å². The van der Waals surface area contributed by atoms with E-state index in [0.717, 1.165) is 0 Å². The van der Waals surface area contributed by atoms with Gasteiger partial charge in [0.25, 0.3) is 0 Å². The summed E-state index contributed by atoms with van der Waals surface area (Å²) in [6.45, 7) is 11.5. The predicted molar refractivity (Wildman–Crippen MR) is 76.0 cm³/mol. The van der Waals surface area contributed by atoms with E-state index in [-0.39, 0.29) is 24.0 Å². The van der Waals surface area contributed by atoms with Gasteiger partial charge in [-0.05, 0) is 25.2 Å². The quantitative estimate of drug-likeness (QED) is 0.621. The molecule has 0 aromatic carbocycles. The maximum absolute atomic E-state index is 11.6. The minimum atomic E-state index is -0.880. The van der Waals surface area contributed by atoms with Gasteiger partial charge in [0, 0.05) is 12.6 Å². The van der Waals surface area contributed by atoms with Gasteiger partial charge < -0.3 is 15.7 Å². The number of aliphatic carboxylic acids is 1. The van der Waals surface area contributed by atoms with Gasteiger partial charge in [0.2, 0.25) is 0 Å². The Morgan fingerprint density at radius 2 is 1.95 bits per heavy atom. The van der Waals surface area contributed by atoms with Crippen LogP contribution in [0.25, 0.3) is 0 Å². The maximum Gasteiger partial charge on any atom is 0.315 e. The molecule has 0 aromatic rings. The number of hydrogen-bond acceptors (Lipinski definition) is 2. The number of hydrogen-bond donors (Lipinski definition) is 3. The van der Waals surface area contributed by atoms with Crippen LogP contribution in [0.2, 0.25) is 0 Å². The van der Waals surface area contributed by atoms with Crippen molar-refractivity contribution in [2.45, 2.75) is 46.6 Å². The van der Waals surface area contributed by atoms with Crippen LogP contribution in [-0.4, -0.2) is 29.7 Å². The zero-order chi connectivity index (χ0) is 15.1. The lowest BCUT2D eigenvalue weighted by atomic mass is 9.84. The van der Waals surface area contributed by atoms with E-state index >= 15 is 0 Å². The van der Waals surface area contributed by atoms with Crippen LogP contribution in [0.3, 0.4) is 0 Å². The smallest absolute Gasteiger partial charge is 0.315 e. The molecule has 0 aliphatic rings. The lowest BCUT2D eigenvalue weighted by molar-refractivity contribution is -0.142. The van der Waals surface area contributed by atoms with E-state index in [1.165, 1.54) is 0 Å². The molecule has 0 saturated carbocycles. The molecule has 0 aliphatic heterocycles. The van der Waals surface area contributed by atoms with E-state index in [1.807, 2.05) is 27.7 Å². The van der Waals surface area contributed by atoms with Crippen molar-refractivity contribution < 1.29 is 14.7 Å². The van der Waals surface area contributed by atoms with Crippen molar-refractivity contribution in [3.8, 4) is 0 Å². The molecule has 0 heterocycles. The fourth-order valence-electron chi connectivity index (χ4n) is 1.79. The number of carboxylic acid groups (broad SMARTS) is 1. The molecule has 5 nitrogen and oxygen atoms in total. The van der Waals surface area contributed by atoms with Gasteiger partial charge in [0.15, 0.2) is 0 Å². The standard InChI is InChI=1S/C14H26N2O3/c1-6-7-10(2)16-13(19)15-9-11(12(17)18)8-14(3,4)5/h6,10-11H,1,7-9H2,2-5H3,(H,17,18)(H2,15,16,19). The van der Waals surface area contributed by atoms with Crippen molar-refractivity contribution in [1.29, 1.82) is 0 Å². The average molecular weight is 270 g/mol. The summed E-state index contributed by atoms with van der Waals surface area (Å²) in [6.07, 6.45) is 2.92. The third-order valence-corrected chi connectivity index (χ3v) is 2.61. The zero-order valence-corrected chi connectivity index (χ0v) is 12.3. The first kappa shape index (κ1) is 17.5. The molecular weight excluding hydrogens is 244 g/mol. The van der Waals surface area contributed by atoms with Crippen LogP contribution in [0.5, 0.6) is 0 Å². The highest BCUT2D eigenvalue weighted by atomic mass is 16.4. The fourth-order valence-corrected chi connectivity index (χ4v) is 1.79. The van der Waals surface area contributed by atoms with Crippen molar-refractivity contribution in [3.05, 3.63) is 12.7 Å². The number of nitrogens with one attached hydrogen (secondary N) is 2. The van der Waals surface area contributed by atoms with Crippen LogP contribution < -0.4 is 10.6 Å². The number of carbonyl (C=O) groups excluding carboxylic acids is 1. The Morgan fingerprint density at radius 3 is 2.37 bits per heavy atom. The first-order valence-corrected chi connectivity index (χ1v) is 6.53. The van der Waals surface area contributed by atoms with Gasteiger partial charge in [-0.25, -0.2) is 4.79 Å². The van der Waals surface area contributed by atoms with E-state index < -0.39 is 11.9 Å². The molecule has 0 saturated heterocycles. The molecule has 0 rings (SSSR count). The Balaban J connectivity index is 4.22. The maximum atomic E-state index is 11.6. The van der Waals surface area contributed by atoms with E-state index in [9.17, 15) is 9.59 Å². The Hall–Kier alpha value is -1.52. The molecule has 0 aromatic heterocycles. The molecule has 110 valence electrons. The average Bonchev–Trinajstić information content (AvgIpc) is 2.22. The number of amides is 2. The molecule has 2 amide bonds. The van der Waals surface area contributed by atoms with Gasteiger partial charge in [-0.3, -0.25) is 4.79 Å². The lowest BCUT2D eigenvalue weighted by Crippen LogP contribution is -2.43. The van der Waals surface area contributed by atoms with Crippen LogP contribution in [0.15, 0.2) is 12.7 Å². The molecule has 2 unspecified atom stereocenters. The van der Waals surface area contributed by atoms with Gasteiger partial charge in [0.1, 0.15) is 0 Å². The van der Waals surface area contributed by atoms with Crippen molar-refractivity contribution >= 4 is 12.0 Å². The highest BCUT2D eigenvalue weighted by Crippen LogP contribution is 2.24. The summed E-state index contributed by atoms with van der Waals surface area (Å²) in [5.74, 6) is -1.45. The van der Waals surface area contributed by atoms with Gasteiger partial charge >= 0.3 is 12.0 Å². The van der Waals surface area contributed by atoms with Crippen LogP contribution in [0.4, 0.5) is 4.79 Å². The third kappa shape index (κ3) is 9.11. The Kier molecular flexibility index (Phi) is 7.19. The van der Waals surface area contributed by atoms with Crippen molar-refractivity contribution in [2.75, 3.05) is 6.54 Å². The molecule has 19 heavy (non-hydrogen) atoms. The van der Waals surface area contributed by atoms with Crippen LogP contribution >= 0.6 is 0 Å². The predicted octanol–water partition coefficient (Wildman–Crippen LogP) is 2.39. The number of rotatable bonds is 7. The number of carboxylic acids is 1. The highest BCUT2D eigenvalue weighted by molar-refractivity contribution is 5.76. The van der Waals surface area contributed by atoms with Crippen molar-refractivity contribution in [3.63, 3.8) is 0 Å². The second-order valence-corrected chi connectivity index (χ2v) is 6.08. The van der Waals surface area contributed by atoms with E-state index in [2.05, 4.69) is 17.2 Å². The zero-order valence-electron chi connectivity index (χ0n) is 12.3. The second kappa shape index (κ2) is 7.81. The van der Waals surface area contributed by atoms with Gasteiger partial charge in [-0.2, -0.15) is 0 Å². The number of urea groups is 1. The molecule has 0 fully saturated rings. The summed E-state index contributed by atoms with van der Waals surface area (Å²) < 4.78 is 0. The molecule has 5 heteroatoms. The molecule has 0 aliphatic carbocycles. The Labute approximate surface area is 115 Å². The summed E-state index contributed by atoms with van der Waals surface area (Å²) in [5, 5.41) is 14.5. The lowest BCUT2D eigenvalue weighted by Gasteiger charge is -2.23. The minimum Gasteiger partial charge on any atom is -0.481 e. The topological polar surface area (TPSA) is 78.4 Å². The van der Waals surface area contributed by atoms with Crippen molar-refractivity contribution in [2.24, 2.45) is 11.3 Å². The molecule has 0 bridgehead atoms. The van der Waals surface area contributed by atoms with Gasteiger partial charge in [0.05, 0.1) is 5.92 Å². The number of carbonyl (C=O) groups is 2. The Morgan fingerprint density at radius 1 is 1.37 bits per heavy atom. The molecule has 0 radical (unpaired) electrons. The van der Waals surface area contributed by atoms with Gasteiger partial charge in [-0.15, -0.1) is 6.58 Å². The minimum absolute atomic E-state index is 0.0107.